The van der Waals surface area contributed by atoms with Crippen molar-refractivity contribution in [3.8, 4) is 0 Å². The molecule has 10 heteroatoms. The monoisotopic (exact) mass is 278 g/mol. The highest BCUT2D eigenvalue weighted by Gasteiger charge is 2.93. The van der Waals surface area contributed by atoms with Gasteiger partial charge in [-0.05, 0) is 6.92 Å². The number of alkyl halides is 10. The van der Waals surface area contributed by atoms with Gasteiger partial charge in [0.1, 0.15) is 0 Å². The molecule has 0 aromatic carbocycles. The van der Waals surface area contributed by atoms with Crippen LogP contribution in [0, 0.1) is 0 Å². The summed E-state index contributed by atoms with van der Waals surface area (Å²) in [5.41, 5.74) is -5.44. The first-order valence-electron chi connectivity index (χ1n) is 4.00. The first-order chi connectivity index (χ1) is 7.15. The van der Waals surface area contributed by atoms with E-state index in [0.717, 1.165) is 0 Å². The van der Waals surface area contributed by atoms with Crippen molar-refractivity contribution in [1.82, 2.24) is 0 Å². The summed E-state index contributed by atoms with van der Waals surface area (Å²) >= 11 is 0. The Morgan fingerprint density at radius 2 is 1.00 bits per heavy atom. The third-order valence-electron chi connectivity index (χ3n) is 2.67. The summed E-state index contributed by atoms with van der Waals surface area (Å²) in [6.07, 6.45) is -5.06. The van der Waals surface area contributed by atoms with Crippen LogP contribution >= 0.6 is 0 Å². The molecule has 2 atom stereocenters. The second-order valence-electron chi connectivity index (χ2n) is 3.76. The lowest BCUT2D eigenvalue weighted by atomic mass is 9.75. The van der Waals surface area contributed by atoms with E-state index in [9.17, 15) is 43.9 Å². The van der Waals surface area contributed by atoms with E-state index < -0.39 is 42.5 Å². The van der Waals surface area contributed by atoms with Crippen LogP contribution in [0.25, 0.3) is 0 Å². The zero-order valence-corrected chi connectivity index (χ0v) is 7.86. The number of hydrogen-bond acceptors (Lipinski definition) is 0. The molecule has 17 heavy (non-hydrogen) atoms. The molecular weight excluding hydrogens is 274 g/mol. The molecule has 0 saturated heterocycles. The third kappa shape index (κ3) is 1.21. The zero-order valence-electron chi connectivity index (χ0n) is 7.86. The first kappa shape index (κ1) is 14.4. The van der Waals surface area contributed by atoms with Crippen LogP contribution in [0.15, 0.2) is 0 Å². The number of halogens is 10. The molecule has 0 aliphatic heterocycles. The van der Waals surface area contributed by atoms with Crippen molar-refractivity contribution in [2.24, 2.45) is 0 Å². The average Bonchev–Trinajstić information content (AvgIpc) is 2.13. The maximum absolute atomic E-state index is 13.0. The zero-order chi connectivity index (χ0) is 14.1. The van der Waals surface area contributed by atoms with Crippen molar-refractivity contribution >= 4 is 0 Å². The van der Waals surface area contributed by atoms with Crippen LogP contribution in [0.5, 0.6) is 0 Å². The highest BCUT2D eigenvalue weighted by atomic mass is 19.4. The third-order valence-corrected chi connectivity index (χ3v) is 2.67. The Labute approximate surface area is 87.6 Å². The van der Waals surface area contributed by atoms with Gasteiger partial charge in [-0.3, -0.25) is 0 Å². The lowest BCUT2D eigenvalue weighted by molar-refractivity contribution is -0.432. The van der Waals surface area contributed by atoms with Gasteiger partial charge in [0, 0.05) is 0 Å². The van der Waals surface area contributed by atoms with Crippen LogP contribution in [0.2, 0.25) is 0 Å². The second kappa shape index (κ2) is 3.00. The van der Waals surface area contributed by atoms with Crippen molar-refractivity contribution in [3.05, 3.63) is 0 Å². The predicted molar refractivity (Wildman–Crippen MR) is 34.2 cm³/mol. The molecule has 1 rings (SSSR count). The van der Waals surface area contributed by atoms with E-state index in [1.807, 2.05) is 0 Å². The highest BCUT2D eigenvalue weighted by molar-refractivity contribution is 5.21. The van der Waals surface area contributed by atoms with Crippen molar-refractivity contribution in [2.75, 3.05) is 0 Å². The molecule has 0 aromatic rings. The summed E-state index contributed by atoms with van der Waals surface area (Å²) in [5.74, 6) is -25.3. The van der Waals surface area contributed by atoms with Crippen LogP contribution in [-0.2, 0) is 0 Å². The molecule has 2 unspecified atom stereocenters. The molecule has 0 aromatic heterocycles. The molecule has 1 aliphatic rings. The van der Waals surface area contributed by atoms with Gasteiger partial charge >= 0.3 is 23.7 Å². The summed E-state index contributed by atoms with van der Waals surface area (Å²) in [4.78, 5) is 0. The van der Waals surface area contributed by atoms with Gasteiger partial charge in [0.05, 0.1) is 0 Å². The highest BCUT2D eigenvalue weighted by Crippen LogP contribution is 2.64. The van der Waals surface area contributed by atoms with Crippen LogP contribution in [0.1, 0.15) is 6.92 Å². The Morgan fingerprint density at radius 1 is 0.647 bits per heavy atom. The maximum Gasteiger partial charge on any atom is 0.378 e. The molecule has 1 fully saturated rings. The van der Waals surface area contributed by atoms with Gasteiger partial charge in [0.25, 0.3) is 0 Å². The molecule has 0 bridgehead atoms. The van der Waals surface area contributed by atoms with Crippen molar-refractivity contribution in [1.29, 1.82) is 0 Å². The van der Waals surface area contributed by atoms with Crippen molar-refractivity contribution in [2.45, 2.75) is 42.5 Å². The molecule has 1 aliphatic carbocycles. The Bertz CT molecular complexity index is 300. The standard InChI is InChI=1S/C7H4F10/c1-3(9)4(10,11)2(8)5(12,13)7(16,17)6(3,14)15/h2H,1H3. The van der Waals surface area contributed by atoms with E-state index in [-0.39, 0.29) is 0 Å². The van der Waals surface area contributed by atoms with E-state index in [4.69, 9.17) is 0 Å². The minimum Gasteiger partial charge on any atom is -0.234 e. The molecule has 102 valence electrons. The van der Waals surface area contributed by atoms with Crippen LogP contribution < -0.4 is 0 Å². The number of hydrogen-bond donors (Lipinski definition) is 0. The maximum atomic E-state index is 13.0. The molecule has 0 spiro atoms. The summed E-state index contributed by atoms with van der Waals surface area (Å²) in [6, 6.07) is 0. The molecule has 0 nitrogen and oxygen atoms in total. The van der Waals surface area contributed by atoms with E-state index >= 15 is 0 Å². The van der Waals surface area contributed by atoms with Crippen molar-refractivity contribution < 1.29 is 43.9 Å². The minimum atomic E-state index is -6.56. The summed E-state index contributed by atoms with van der Waals surface area (Å²) < 4.78 is 126. The lowest BCUT2D eigenvalue weighted by Crippen LogP contribution is -2.79. The quantitative estimate of drug-likeness (QED) is 0.594. The molecule has 0 heterocycles. The normalized spacial score (nSPS) is 42.2. The molecule has 0 radical (unpaired) electrons. The van der Waals surface area contributed by atoms with Crippen LogP contribution in [0.4, 0.5) is 43.9 Å². The van der Waals surface area contributed by atoms with Gasteiger partial charge in [0.15, 0.2) is 0 Å². The van der Waals surface area contributed by atoms with Gasteiger partial charge in [-0.15, -0.1) is 0 Å². The topological polar surface area (TPSA) is 0 Å². The number of rotatable bonds is 0. The minimum absolute atomic E-state index is 0.747. The Morgan fingerprint density at radius 3 is 1.35 bits per heavy atom. The summed E-state index contributed by atoms with van der Waals surface area (Å²) in [7, 11) is 0. The van der Waals surface area contributed by atoms with Gasteiger partial charge < -0.3 is 0 Å². The van der Waals surface area contributed by atoms with E-state index in [2.05, 4.69) is 0 Å². The fourth-order valence-electron chi connectivity index (χ4n) is 1.34. The van der Waals surface area contributed by atoms with E-state index in [1.165, 1.54) is 0 Å². The Balaban J connectivity index is 3.56. The van der Waals surface area contributed by atoms with Gasteiger partial charge in [-0.2, -0.15) is 35.1 Å². The van der Waals surface area contributed by atoms with Gasteiger partial charge in [-0.1, -0.05) is 0 Å². The smallest absolute Gasteiger partial charge is 0.234 e. The first-order valence-corrected chi connectivity index (χ1v) is 4.00. The van der Waals surface area contributed by atoms with Gasteiger partial charge in [-0.25, -0.2) is 8.78 Å². The molecule has 1 saturated carbocycles. The Hall–Kier alpha value is -0.700. The van der Waals surface area contributed by atoms with Crippen LogP contribution in [-0.4, -0.2) is 35.5 Å². The predicted octanol–water partition coefficient (Wildman–Crippen LogP) is 3.61. The average molecular weight is 278 g/mol. The fraction of sp³-hybridized carbons (Fsp3) is 1.00. The molecule has 0 amide bonds. The molecular formula is C7H4F10. The Kier molecular flexibility index (Phi) is 2.53. The van der Waals surface area contributed by atoms with E-state index in [0.29, 0.717) is 0 Å². The fourth-order valence-corrected chi connectivity index (χ4v) is 1.34. The largest absolute Gasteiger partial charge is 0.378 e. The molecule has 0 N–H and O–H groups in total. The lowest BCUT2D eigenvalue weighted by Gasteiger charge is -2.49. The SMILES string of the molecule is CC1(F)C(F)(F)C(F)C(F)(F)C(F)(F)C1(F)F. The van der Waals surface area contributed by atoms with Crippen LogP contribution in [0.3, 0.4) is 0 Å². The van der Waals surface area contributed by atoms with Gasteiger partial charge in [0.2, 0.25) is 11.8 Å². The van der Waals surface area contributed by atoms with Crippen molar-refractivity contribution in [3.63, 3.8) is 0 Å². The summed E-state index contributed by atoms with van der Waals surface area (Å²) in [5, 5.41) is 0. The van der Waals surface area contributed by atoms with E-state index in [1.54, 1.807) is 0 Å². The summed E-state index contributed by atoms with van der Waals surface area (Å²) in [6.45, 7) is -0.747. The second-order valence-corrected chi connectivity index (χ2v) is 3.76.